The van der Waals surface area contributed by atoms with Gasteiger partial charge in [-0.25, -0.2) is 4.79 Å². The summed E-state index contributed by atoms with van der Waals surface area (Å²) in [6, 6.07) is 0.132. The zero-order chi connectivity index (χ0) is 13.0. The second kappa shape index (κ2) is 6.23. The molecule has 0 atom stereocenters. The summed E-state index contributed by atoms with van der Waals surface area (Å²) >= 11 is 1.89. The van der Waals surface area contributed by atoms with E-state index in [9.17, 15) is 4.79 Å². The Kier molecular flexibility index (Phi) is 4.64. The highest BCUT2D eigenvalue weighted by Crippen LogP contribution is 2.30. The molecule has 0 aliphatic heterocycles. The topological polar surface area (TPSA) is 41.1 Å². The monoisotopic (exact) mass is 266 g/mol. The van der Waals surface area contributed by atoms with Gasteiger partial charge in [0.1, 0.15) is 0 Å². The van der Waals surface area contributed by atoms with Crippen LogP contribution in [0.15, 0.2) is 5.38 Å². The predicted octanol–water partition coefficient (Wildman–Crippen LogP) is 2.88. The number of nitrogens with one attached hydrogen (secondary N) is 2. The van der Waals surface area contributed by atoms with Crippen molar-refractivity contribution in [2.75, 3.05) is 6.54 Å². The largest absolute Gasteiger partial charge is 0.338 e. The molecule has 0 unspecified atom stereocenters. The number of thiophene rings is 1. The van der Waals surface area contributed by atoms with Gasteiger partial charge in [-0.05, 0) is 62.5 Å². The zero-order valence-electron chi connectivity index (χ0n) is 11.2. The number of urea groups is 1. The van der Waals surface area contributed by atoms with E-state index < -0.39 is 0 Å². The first-order chi connectivity index (χ1) is 8.66. The third-order valence-corrected chi connectivity index (χ3v) is 4.39. The Labute approximate surface area is 113 Å². The zero-order valence-corrected chi connectivity index (χ0v) is 12.0. The average Bonchev–Trinajstić information content (AvgIpc) is 2.72. The van der Waals surface area contributed by atoms with E-state index in [1.54, 1.807) is 10.4 Å². The van der Waals surface area contributed by atoms with E-state index in [1.165, 1.54) is 31.2 Å². The molecule has 18 heavy (non-hydrogen) atoms. The number of fused-ring (bicyclic) bond motifs is 1. The molecule has 2 N–H and O–H groups in total. The summed E-state index contributed by atoms with van der Waals surface area (Å²) in [5, 5.41) is 8.03. The number of carbonyl (C=O) groups excluding carboxylic acids is 1. The van der Waals surface area contributed by atoms with E-state index in [0.29, 0.717) is 0 Å². The van der Waals surface area contributed by atoms with E-state index in [-0.39, 0.29) is 12.1 Å². The van der Waals surface area contributed by atoms with Gasteiger partial charge in [0.05, 0.1) is 0 Å². The van der Waals surface area contributed by atoms with Gasteiger partial charge < -0.3 is 10.6 Å². The van der Waals surface area contributed by atoms with Crippen molar-refractivity contribution in [3.05, 3.63) is 21.4 Å². The van der Waals surface area contributed by atoms with Crippen molar-refractivity contribution in [1.82, 2.24) is 10.6 Å². The molecule has 1 aliphatic carbocycles. The highest BCUT2D eigenvalue weighted by atomic mass is 32.1. The van der Waals surface area contributed by atoms with Crippen molar-refractivity contribution >= 4 is 17.4 Å². The van der Waals surface area contributed by atoms with Crippen LogP contribution in [0.2, 0.25) is 0 Å². The fourth-order valence-electron chi connectivity index (χ4n) is 2.39. The van der Waals surface area contributed by atoms with Gasteiger partial charge in [0.2, 0.25) is 0 Å². The molecule has 1 aromatic heterocycles. The molecule has 1 heterocycles. The number of carbonyl (C=O) groups is 1. The van der Waals surface area contributed by atoms with E-state index in [4.69, 9.17) is 0 Å². The van der Waals surface area contributed by atoms with Crippen LogP contribution >= 0.6 is 11.3 Å². The fraction of sp³-hybridized carbons (Fsp3) is 0.643. The number of hydrogen-bond donors (Lipinski definition) is 2. The highest BCUT2D eigenvalue weighted by molar-refractivity contribution is 7.10. The molecule has 0 saturated heterocycles. The maximum Gasteiger partial charge on any atom is 0.314 e. The molecule has 0 aromatic carbocycles. The van der Waals surface area contributed by atoms with Crippen LogP contribution < -0.4 is 10.6 Å². The predicted molar refractivity (Wildman–Crippen MR) is 76.3 cm³/mol. The Balaban J connectivity index is 1.80. The number of rotatable bonds is 4. The van der Waals surface area contributed by atoms with Crippen LogP contribution in [0.3, 0.4) is 0 Å². The second-order valence-electron chi connectivity index (χ2n) is 5.17. The molecule has 2 amide bonds. The lowest BCUT2D eigenvalue weighted by atomic mass is 9.95. The van der Waals surface area contributed by atoms with Crippen molar-refractivity contribution < 1.29 is 4.79 Å². The minimum absolute atomic E-state index is 0.0610. The summed E-state index contributed by atoms with van der Waals surface area (Å²) in [5.74, 6) is 0. The Bertz CT molecular complexity index is 412. The summed E-state index contributed by atoms with van der Waals surface area (Å²) in [7, 11) is 0. The molecule has 2 rings (SSSR count). The van der Waals surface area contributed by atoms with Crippen LogP contribution in [-0.2, 0) is 19.3 Å². The molecule has 4 heteroatoms. The molecular formula is C14H22N2OS. The normalized spacial score (nSPS) is 14.4. The average molecular weight is 266 g/mol. The lowest BCUT2D eigenvalue weighted by Crippen LogP contribution is -2.40. The molecule has 0 radical (unpaired) electrons. The summed E-state index contributed by atoms with van der Waals surface area (Å²) in [4.78, 5) is 13.0. The number of aryl methyl sites for hydroxylation is 1. The molecular weight excluding hydrogens is 244 g/mol. The third-order valence-electron chi connectivity index (χ3n) is 3.25. The van der Waals surface area contributed by atoms with Gasteiger partial charge in [-0.3, -0.25) is 0 Å². The molecule has 0 spiro atoms. The number of hydrogen-bond acceptors (Lipinski definition) is 2. The molecule has 0 saturated carbocycles. The van der Waals surface area contributed by atoms with Gasteiger partial charge in [-0.2, -0.15) is 0 Å². The fourth-order valence-corrected chi connectivity index (χ4v) is 3.58. The van der Waals surface area contributed by atoms with Crippen LogP contribution in [0.5, 0.6) is 0 Å². The SMILES string of the molecule is CC(C)NC(=O)NCCc1csc2c1CCCC2. The van der Waals surface area contributed by atoms with Crippen LogP contribution in [0.25, 0.3) is 0 Å². The maximum absolute atomic E-state index is 11.5. The lowest BCUT2D eigenvalue weighted by molar-refractivity contribution is 0.238. The van der Waals surface area contributed by atoms with Gasteiger partial charge in [-0.1, -0.05) is 0 Å². The quantitative estimate of drug-likeness (QED) is 0.864. The maximum atomic E-state index is 11.5. The minimum atomic E-state index is -0.0610. The first-order valence-electron chi connectivity index (χ1n) is 6.79. The number of amides is 2. The van der Waals surface area contributed by atoms with Crippen molar-refractivity contribution in [3.63, 3.8) is 0 Å². The third kappa shape index (κ3) is 3.48. The lowest BCUT2D eigenvalue weighted by Gasteiger charge is -2.13. The van der Waals surface area contributed by atoms with Crippen LogP contribution in [-0.4, -0.2) is 18.6 Å². The smallest absolute Gasteiger partial charge is 0.314 e. The van der Waals surface area contributed by atoms with Crippen molar-refractivity contribution in [1.29, 1.82) is 0 Å². The summed E-state index contributed by atoms with van der Waals surface area (Å²) in [6.45, 7) is 4.66. The standard InChI is InChI=1S/C14H22N2OS/c1-10(2)16-14(17)15-8-7-11-9-18-13-6-4-3-5-12(11)13/h9-10H,3-8H2,1-2H3,(H2,15,16,17). The van der Waals surface area contributed by atoms with E-state index >= 15 is 0 Å². The van der Waals surface area contributed by atoms with Crippen LogP contribution in [0.1, 0.15) is 42.7 Å². The van der Waals surface area contributed by atoms with Gasteiger partial charge in [0.15, 0.2) is 0 Å². The summed E-state index contributed by atoms with van der Waals surface area (Å²) < 4.78 is 0. The molecule has 3 nitrogen and oxygen atoms in total. The second-order valence-corrected chi connectivity index (χ2v) is 6.14. The van der Waals surface area contributed by atoms with E-state index in [1.807, 2.05) is 25.2 Å². The Morgan fingerprint density at radius 3 is 2.94 bits per heavy atom. The Hall–Kier alpha value is -1.03. The summed E-state index contributed by atoms with van der Waals surface area (Å²) in [6.07, 6.45) is 6.09. The van der Waals surface area contributed by atoms with Gasteiger partial charge >= 0.3 is 6.03 Å². The molecule has 0 bridgehead atoms. The van der Waals surface area contributed by atoms with E-state index in [0.717, 1.165) is 13.0 Å². The van der Waals surface area contributed by atoms with Crippen molar-refractivity contribution in [2.24, 2.45) is 0 Å². The van der Waals surface area contributed by atoms with Crippen molar-refractivity contribution in [2.45, 2.75) is 52.0 Å². The first-order valence-corrected chi connectivity index (χ1v) is 7.67. The van der Waals surface area contributed by atoms with Crippen molar-refractivity contribution in [3.8, 4) is 0 Å². The van der Waals surface area contributed by atoms with Gasteiger partial charge in [-0.15, -0.1) is 11.3 Å². The molecule has 1 aromatic rings. The minimum Gasteiger partial charge on any atom is -0.338 e. The molecule has 1 aliphatic rings. The van der Waals surface area contributed by atoms with Crippen LogP contribution in [0, 0.1) is 0 Å². The molecule has 100 valence electrons. The first kappa shape index (κ1) is 13.4. The van der Waals surface area contributed by atoms with Crippen LogP contribution in [0.4, 0.5) is 4.79 Å². The molecule has 0 fully saturated rings. The van der Waals surface area contributed by atoms with E-state index in [2.05, 4.69) is 16.0 Å². The summed E-state index contributed by atoms with van der Waals surface area (Å²) in [5.41, 5.74) is 3.01. The Morgan fingerprint density at radius 2 is 2.17 bits per heavy atom. The highest BCUT2D eigenvalue weighted by Gasteiger charge is 2.15. The Morgan fingerprint density at radius 1 is 1.39 bits per heavy atom. The van der Waals surface area contributed by atoms with Gasteiger partial charge in [0, 0.05) is 17.5 Å². The van der Waals surface area contributed by atoms with Gasteiger partial charge in [0.25, 0.3) is 0 Å².